The molecule has 0 radical (unpaired) electrons. The van der Waals surface area contributed by atoms with Gasteiger partial charge in [-0.25, -0.2) is 0 Å². The molecule has 3 saturated carbocycles. The predicted molar refractivity (Wildman–Crippen MR) is 124 cm³/mol. The van der Waals surface area contributed by atoms with Crippen molar-refractivity contribution in [1.82, 2.24) is 0 Å². The van der Waals surface area contributed by atoms with Gasteiger partial charge in [0.2, 0.25) is 0 Å². The standard InChI is InChI=1S/C28H46O/c1-18(2)19(3)7-8-20(4)24-11-12-25-23-10-9-21-17-22(29)13-15-27(21,5)26(23)14-16-28(24,25)6/h9,18,20,22-26,29H,3,7-8,10-17H2,1-2,4-6H3/t20?,22-,23-,24+,25-,26-,27-,28+/m0/s1. The van der Waals surface area contributed by atoms with Crippen LogP contribution in [0.2, 0.25) is 0 Å². The van der Waals surface area contributed by atoms with Gasteiger partial charge in [-0.3, -0.25) is 0 Å². The van der Waals surface area contributed by atoms with Gasteiger partial charge in [-0.05, 0) is 111 Å². The van der Waals surface area contributed by atoms with Crippen molar-refractivity contribution in [1.29, 1.82) is 0 Å². The van der Waals surface area contributed by atoms with Crippen LogP contribution in [0.4, 0.5) is 0 Å². The second-order valence-electron chi connectivity index (χ2n) is 12.2. The number of fused-ring (bicyclic) bond motifs is 5. The van der Waals surface area contributed by atoms with E-state index in [1.54, 1.807) is 5.57 Å². The van der Waals surface area contributed by atoms with Gasteiger partial charge in [0.25, 0.3) is 0 Å². The molecule has 4 aliphatic rings. The Labute approximate surface area is 180 Å². The largest absolute Gasteiger partial charge is 0.393 e. The van der Waals surface area contributed by atoms with E-state index in [2.05, 4.69) is 47.3 Å². The first kappa shape index (κ1) is 21.7. The van der Waals surface area contributed by atoms with Crippen molar-refractivity contribution in [2.45, 2.75) is 105 Å². The Balaban J connectivity index is 1.49. The van der Waals surface area contributed by atoms with Gasteiger partial charge in [0.15, 0.2) is 0 Å². The van der Waals surface area contributed by atoms with Crippen molar-refractivity contribution in [3.05, 3.63) is 23.8 Å². The number of allylic oxidation sites excluding steroid dienone is 2. The molecule has 4 rings (SSSR count). The molecule has 3 fully saturated rings. The molecule has 4 aliphatic carbocycles. The van der Waals surface area contributed by atoms with Crippen LogP contribution in [0.15, 0.2) is 23.8 Å². The summed E-state index contributed by atoms with van der Waals surface area (Å²) in [5.74, 6) is 5.03. The van der Waals surface area contributed by atoms with Crippen LogP contribution in [-0.2, 0) is 0 Å². The van der Waals surface area contributed by atoms with E-state index in [-0.39, 0.29) is 6.10 Å². The van der Waals surface area contributed by atoms with Crippen molar-refractivity contribution in [2.75, 3.05) is 0 Å². The minimum Gasteiger partial charge on any atom is -0.393 e. The summed E-state index contributed by atoms with van der Waals surface area (Å²) in [6.07, 6.45) is 15.3. The van der Waals surface area contributed by atoms with Crippen LogP contribution < -0.4 is 0 Å². The van der Waals surface area contributed by atoms with Crippen LogP contribution in [0.25, 0.3) is 0 Å². The van der Waals surface area contributed by atoms with Crippen molar-refractivity contribution >= 4 is 0 Å². The van der Waals surface area contributed by atoms with Gasteiger partial charge in [-0.2, -0.15) is 0 Å². The Hall–Kier alpha value is -0.560. The van der Waals surface area contributed by atoms with Crippen LogP contribution in [0.1, 0.15) is 98.8 Å². The van der Waals surface area contributed by atoms with E-state index < -0.39 is 0 Å². The fourth-order valence-electron chi connectivity index (χ4n) is 8.52. The topological polar surface area (TPSA) is 20.2 Å². The van der Waals surface area contributed by atoms with E-state index in [1.807, 2.05) is 0 Å². The molecule has 1 nitrogen and oxygen atoms in total. The number of aliphatic hydroxyl groups is 1. The summed E-state index contributed by atoms with van der Waals surface area (Å²) in [7, 11) is 0. The number of hydrogen-bond donors (Lipinski definition) is 1. The van der Waals surface area contributed by atoms with Crippen molar-refractivity contribution in [2.24, 2.45) is 46.3 Å². The molecule has 0 spiro atoms. The van der Waals surface area contributed by atoms with Gasteiger partial charge < -0.3 is 5.11 Å². The Morgan fingerprint density at radius 2 is 1.86 bits per heavy atom. The third-order valence-corrected chi connectivity index (χ3v) is 10.6. The third kappa shape index (κ3) is 3.58. The number of aliphatic hydroxyl groups excluding tert-OH is 1. The maximum Gasteiger partial charge on any atom is 0.0577 e. The Kier molecular flexibility index (Phi) is 5.86. The SMILES string of the molecule is C=C(CCC(C)[C@H]1CC[C@H]2[C@@H]3CC=C4C[C@@H](O)CC[C@]4(C)[C@H]3CC[C@]12C)C(C)C. The molecule has 1 heteroatoms. The van der Waals surface area contributed by atoms with Crippen molar-refractivity contribution in [3.8, 4) is 0 Å². The molecule has 0 aromatic heterocycles. The normalized spacial score (nSPS) is 45.2. The fourth-order valence-corrected chi connectivity index (χ4v) is 8.52. The molecule has 0 heterocycles. The predicted octanol–water partition coefficient (Wildman–Crippen LogP) is 7.55. The summed E-state index contributed by atoms with van der Waals surface area (Å²) < 4.78 is 0. The number of rotatable bonds is 5. The van der Waals surface area contributed by atoms with Gasteiger partial charge in [-0.1, -0.05) is 58.4 Å². The summed E-state index contributed by atoms with van der Waals surface area (Å²) >= 11 is 0. The molecule has 0 aromatic carbocycles. The smallest absolute Gasteiger partial charge is 0.0577 e. The fraction of sp³-hybridized carbons (Fsp3) is 0.857. The zero-order valence-electron chi connectivity index (χ0n) is 19.8. The molecule has 1 N–H and O–H groups in total. The van der Waals surface area contributed by atoms with Gasteiger partial charge in [0.05, 0.1) is 6.10 Å². The minimum absolute atomic E-state index is 0.0861. The van der Waals surface area contributed by atoms with Gasteiger partial charge in [0, 0.05) is 0 Å². The van der Waals surface area contributed by atoms with Crippen LogP contribution in [0.5, 0.6) is 0 Å². The molecule has 8 atom stereocenters. The summed E-state index contributed by atoms with van der Waals surface area (Å²) in [6.45, 7) is 16.7. The van der Waals surface area contributed by atoms with E-state index in [9.17, 15) is 5.11 Å². The molecule has 0 aromatic rings. The highest BCUT2D eigenvalue weighted by Crippen LogP contribution is 2.67. The average Bonchev–Trinajstić information content (AvgIpc) is 3.03. The highest BCUT2D eigenvalue weighted by atomic mass is 16.3. The average molecular weight is 399 g/mol. The molecule has 1 unspecified atom stereocenters. The highest BCUT2D eigenvalue weighted by molar-refractivity contribution is 5.25. The molecular weight excluding hydrogens is 352 g/mol. The first-order valence-electron chi connectivity index (χ1n) is 12.7. The van der Waals surface area contributed by atoms with E-state index >= 15 is 0 Å². The lowest BCUT2D eigenvalue weighted by atomic mass is 9.47. The second-order valence-corrected chi connectivity index (χ2v) is 12.2. The lowest BCUT2D eigenvalue weighted by Gasteiger charge is -2.58. The van der Waals surface area contributed by atoms with Crippen LogP contribution in [-0.4, -0.2) is 11.2 Å². The molecule has 0 saturated heterocycles. The Bertz CT molecular complexity index is 659. The molecule has 29 heavy (non-hydrogen) atoms. The lowest BCUT2D eigenvalue weighted by Crippen LogP contribution is -2.50. The zero-order chi connectivity index (χ0) is 21.0. The van der Waals surface area contributed by atoms with Gasteiger partial charge in [0.1, 0.15) is 0 Å². The maximum absolute atomic E-state index is 10.2. The van der Waals surface area contributed by atoms with E-state index in [0.29, 0.717) is 16.7 Å². The van der Waals surface area contributed by atoms with Crippen LogP contribution in [0.3, 0.4) is 0 Å². The van der Waals surface area contributed by atoms with Crippen molar-refractivity contribution in [3.63, 3.8) is 0 Å². The van der Waals surface area contributed by atoms with Crippen LogP contribution >= 0.6 is 0 Å². The molecule has 164 valence electrons. The van der Waals surface area contributed by atoms with Gasteiger partial charge in [-0.15, -0.1) is 0 Å². The molecule has 0 amide bonds. The summed E-state index contributed by atoms with van der Waals surface area (Å²) in [4.78, 5) is 0. The molecule has 0 bridgehead atoms. The highest BCUT2D eigenvalue weighted by Gasteiger charge is 2.59. The van der Waals surface area contributed by atoms with Crippen molar-refractivity contribution < 1.29 is 5.11 Å². The minimum atomic E-state index is -0.0861. The van der Waals surface area contributed by atoms with Crippen LogP contribution in [0, 0.1) is 46.3 Å². The lowest BCUT2D eigenvalue weighted by molar-refractivity contribution is -0.0571. The summed E-state index contributed by atoms with van der Waals surface area (Å²) in [5.41, 5.74) is 3.98. The van der Waals surface area contributed by atoms with E-state index in [0.717, 1.165) is 42.4 Å². The van der Waals surface area contributed by atoms with E-state index in [4.69, 9.17) is 0 Å². The Morgan fingerprint density at radius 3 is 2.59 bits per heavy atom. The third-order valence-electron chi connectivity index (χ3n) is 10.6. The monoisotopic (exact) mass is 398 g/mol. The number of hydrogen-bond acceptors (Lipinski definition) is 1. The first-order valence-corrected chi connectivity index (χ1v) is 12.7. The second kappa shape index (κ2) is 7.85. The van der Waals surface area contributed by atoms with Gasteiger partial charge >= 0.3 is 0 Å². The first-order chi connectivity index (χ1) is 13.7. The summed E-state index contributed by atoms with van der Waals surface area (Å²) in [5, 5.41) is 10.2. The Morgan fingerprint density at radius 1 is 1.10 bits per heavy atom. The van der Waals surface area contributed by atoms with E-state index in [1.165, 1.54) is 56.9 Å². The zero-order valence-corrected chi connectivity index (χ0v) is 19.8. The quantitative estimate of drug-likeness (QED) is 0.474. The molecule has 0 aliphatic heterocycles. The summed E-state index contributed by atoms with van der Waals surface area (Å²) in [6, 6.07) is 0. The maximum atomic E-state index is 10.2. The molecular formula is C28H46O.